The number of H-pyrrole nitrogens is 1. The number of aromatic nitrogens is 1. The molecule has 1 saturated heterocycles. The number of benzene rings is 1. The average Bonchev–Trinajstić information content (AvgIpc) is 3.13. The van der Waals surface area contributed by atoms with Gasteiger partial charge in [0.2, 0.25) is 11.8 Å². The number of hydrogen-bond donors (Lipinski definition) is 2. The normalized spacial score (nSPS) is 23.9. The maximum absolute atomic E-state index is 12.7. The Balaban J connectivity index is 1.67. The van der Waals surface area contributed by atoms with Crippen LogP contribution >= 0.6 is 0 Å². The largest absolute Gasteiger partial charge is 0.480 e. The summed E-state index contributed by atoms with van der Waals surface area (Å²) >= 11 is 0. The van der Waals surface area contributed by atoms with Crippen LogP contribution in [-0.2, 0) is 20.8 Å². The minimum absolute atomic E-state index is 0.101. The van der Waals surface area contributed by atoms with E-state index in [2.05, 4.69) is 4.98 Å². The Bertz CT molecular complexity index is 872. The topological polar surface area (TPSA) is 90.5 Å². The van der Waals surface area contributed by atoms with Gasteiger partial charge in [-0.3, -0.25) is 14.5 Å². The zero-order valence-electron chi connectivity index (χ0n) is 13.5. The van der Waals surface area contributed by atoms with Gasteiger partial charge in [-0.25, -0.2) is 4.79 Å². The Hall–Kier alpha value is -2.89. The van der Waals surface area contributed by atoms with Crippen molar-refractivity contribution < 1.29 is 19.5 Å². The van der Waals surface area contributed by atoms with Crippen molar-refractivity contribution in [2.75, 3.05) is 0 Å². The highest BCUT2D eigenvalue weighted by Crippen LogP contribution is 2.37. The van der Waals surface area contributed by atoms with E-state index in [0.717, 1.165) is 21.4 Å². The van der Waals surface area contributed by atoms with Crippen LogP contribution in [0.1, 0.15) is 18.4 Å². The number of nitrogens with one attached hydrogen (secondary N) is 1. The molecule has 128 valence electrons. The van der Waals surface area contributed by atoms with Crippen molar-refractivity contribution in [3.05, 3.63) is 48.2 Å². The fourth-order valence-electron chi connectivity index (χ4n) is 3.93. The third-order valence-corrected chi connectivity index (χ3v) is 5.23. The van der Waals surface area contributed by atoms with Gasteiger partial charge < -0.3 is 10.1 Å². The molecular formula is C19H18N2O4. The second-order valence-corrected chi connectivity index (χ2v) is 6.62. The van der Waals surface area contributed by atoms with Crippen LogP contribution in [0, 0.1) is 11.8 Å². The van der Waals surface area contributed by atoms with Gasteiger partial charge in [0.1, 0.15) is 6.04 Å². The van der Waals surface area contributed by atoms with E-state index in [4.69, 9.17) is 0 Å². The number of aromatic amines is 1. The lowest BCUT2D eigenvalue weighted by Gasteiger charge is -2.23. The third kappa shape index (κ3) is 2.45. The molecule has 2 aromatic rings. The molecule has 3 atom stereocenters. The molecule has 1 aromatic heterocycles. The molecule has 0 bridgehead atoms. The zero-order chi connectivity index (χ0) is 17.6. The lowest BCUT2D eigenvalue weighted by atomic mass is 9.85. The molecule has 0 saturated carbocycles. The monoisotopic (exact) mass is 338 g/mol. The van der Waals surface area contributed by atoms with Crippen molar-refractivity contribution in [1.29, 1.82) is 0 Å². The van der Waals surface area contributed by atoms with Gasteiger partial charge in [0.25, 0.3) is 0 Å². The van der Waals surface area contributed by atoms with Gasteiger partial charge >= 0.3 is 5.97 Å². The van der Waals surface area contributed by atoms with Gasteiger partial charge in [0.15, 0.2) is 0 Å². The Kier molecular flexibility index (Phi) is 3.67. The number of carboxylic acid groups (broad SMARTS) is 1. The number of fused-ring (bicyclic) bond motifs is 2. The highest BCUT2D eigenvalue weighted by Gasteiger charge is 2.51. The van der Waals surface area contributed by atoms with E-state index < -0.39 is 23.8 Å². The number of carboxylic acids is 1. The molecule has 6 heteroatoms. The van der Waals surface area contributed by atoms with E-state index in [1.54, 1.807) is 6.20 Å². The Morgan fingerprint density at radius 3 is 2.44 bits per heavy atom. The number of carbonyl (C=O) groups is 3. The van der Waals surface area contributed by atoms with Gasteiger partial charge in [0, 0.05) is 23.5 Å². The molecule has 2 amide bonds. The summed E-state index contributed by atoms with van der Waals surface area (Å²) in [4.78, 5) is 41.3. The molecule has 1 aliphatic heterocycles. The maximum Gasteiger partial charge on any atom is 0.327 e. The van der Waals surface area contributed by atoms with Crippen LogP contribution in [-0.4, -0.2) is 38.8 Å². The average molecular weight is 338 g/mol. The van der Waals surface area contributed by atoms with Crippen molar-refractivity contribution >= 4 is 28.7 Å². The number of aliphatic carboxylic acids is 1. The van der Waals surface area contributed by atoms with Crippen LogP contribution in [0.4, 0.5) is 0 Å². The maximum atomic E-state index is 12.7. The number of rotatable bonds is 4. The van der Waals surface area contributed by atoms with Crippen LogP contribution in [0.2, 0.25) is 0 Å². The lowest BCUT2D eigenvalue weighted by molar-refractivity contribution is -0.155. The molecule has 2 N–H and O–H groups in total. The predicted octanol–water partition coefficient (Wildman–Crippen LogP) is 2.11. The van der Waals surface area contributed by atoms with Crippen LogP contribution in [0.25, 0.3) is 10.9 Å². The number of hydrogen-bond acceptors (Lipinski definition) is 3. The first-order chi connectivity index (χ1) is 12.1. The molecule has 2 heterocycles. The first-order valence-corrected chi connectivity index (χ1v) is 8.37. The van der Waals surface area contributed by atoms with Crippen LogP contribution < -0.4 is 0 Å². The van der Waals surface area contributed by atoms with Gasteiger partial charge in [0.05, 0.1) is 11.8 Å². The third-order valence-electron chi connectivity index (χ3n) is 5.23. The SMILES string of the molecule is O=C(O)[C@H](Cc1c[nH]c2ccccc12)N1C(=O)[C@H]2CC=CC[C@@H]2C1=O. The van der Waals surface area contributed by atoms with E-state index >= 15 is 0 Å². The number of allylic oxidation sites excluding steroid dienone is 2. The number of para-hydroxylation sites is 1. The number of carbonyl (C=O) groups excluding carboxylic acids is 2. The van der Waals surface area contributed by atoms with Gasteiger partial charge in [-0.15, -0.1) is 0 Å². The van der Waals surface area contributed by atoms with Crippen molar-refractivity contribution in [3.8, 4) is 0 Å². The van der Waals surface area contributed by atoms with E-state index in [-0.39, 0.29) is 18.2 Å². The Morgan fingerprint density at radius 2 is 1.80 bits per heavy atom. The van der Waals surface area contributed by atoms with Crippen molar-refractivity contribution in [3.63, 3.8) is 0 Å². The summed E-state index contributed by atoms with van der Waals surface area (Å²) < 4.78 is 0. The molecule has 4 rings (SSSR count). The summed E-state index contributed by atoms with van der Waals surface area (Å²) in [5.74, 6) is -2.69. The highest BCUT2D eigenvalue weighted by molar-refractivity contribution is 6.08. The molecule has 1 fully saturated rings. The number of nitrogens with zero attached hydrogens (tertiary/aromatic N) is 1. The van der Waals surface area contributed by atoms with Crippen molar-refractivity contribution in [1.82, 2.24) is 9.88 Å². The number of likely N-dealkylation sites (tertiary alicyclic amines) is 1. The molecule has 2 aliphatic rings. The molecule has 1 aromatic carbocycles. The van der Waals surface area contributed by atoms with Crippen LogP contribution in [0.5, 0.6) is 0 Å². The summed E-state index contributed by atoms with van der Waals surface area (Å²) in [5, 5.41) is 10.6. The molecular weight excluding hydrogens is 320 g/mol. The zero-order valence-corrected chi connectivity index (χ0v) is 13.5. The van der Waals surface area contributed by atoms with Gasteiger partial charge in [-0.2, -0.15) is 0 Å². The molecule has 25 heavy (non-hydrogen) atoms. The number of amides is 2. The van der Waals surface area contributed by atoms with E-state index in [0.29, 0.717) is 12.8 Å². The lowest BCUT2D eigenvalue weighted by Crippen LogP contribution is -2.46. The molecule has 0 radical (unpaired) electrons. The van der Waals surface area contributed by atoms with Crippen molar-refractivity contribution in [2.45, 2.75) is 25.3 Å². The second kappa shape index (κ2) is 5.88. The predicted molar refractivity (Wildman–Crippen MR) is 90.6 cm³/mol. The summed E-state index contributed by atoms with van der Waals surface area (Å²) in [6.45, 7) is 0. The quantitative estimate of drug-likeness (QED) is 0.660. The first-order valence-electron chi connectivity index (χ1n) is 8.37. The van der Waals surface area contributed by atoms with Crippen LogP contribution in [0.15, 0.2) is 42.6 Å². The molecule has 6 nitrogen and oxygen atoms in total. The minimum atomic E-state index is -1.18. The highest BCUT2D eigenvalue weighted by atomic mass is 16.4. The second-order valence-electron chi connectivity index (χ2n) is 6.62. The first kappa shape index (κ1) is 15.6. The van der Waals surface area contributed by atoms with Gasteiger partial charge in [-0.05, 0) is 24.5 Å². The van der Waals surface area contributed by atoms with E-state index in [1.807, 2.05) is 36.4 Å². The summed E-state index contributed by atoms with van der Waals surface area (Å²) in [6.07, 6.45) is 6.65. The summed E-state index contributed by atoms with van der Waals surface area (Å²) in [5.41, 5.74) is 1.69. The fraction of sp³-hybridized carbons (Fsp3) is 0.316. The van der Waals surface area contributed by atoms with E-state index in [9.17, 15) is 19.5 Å². The molecule has 1 aliphatic carbocycles. The standard InChI is InChI=1S/C19H18N2O4/c22-17-13-6-1-2-7-14(13)18(23)21(17)16(19(24)25)9-11-10-20-15-8-4-3-5-12(11)15/h1-5,8,10,13-14,16,20H,6-7,9H2,(H,24,25)/t13-,14-,16-/m0/s1. The smallest absolute Gasteiger partial charge is 0.327 e. The number of imide groups is 1. The Labute approximate surface area is 144 Å². The molecule has 0 unspecified atom stereocenters. The summed E-state index contributed by atoms with van der Waals surface area (Å²) in [7, 11) is 0. The Morgan fingerprint density at radius 1 is 1.16 bits per heavy atom. The minimum Gasteiger partial charge on any atom is -0.480 e. The van der Waals surface area contributed by atoms with E-state index in [1.165, 1.54) is 0 Å². The van der Waals surface area contributed by atoms with Crippen molar-refractivity contribution in [2.24, 2.45) is 11.8 Å². The fourth-order valence-corrected chi connectivity index (χ4v) is 3.93. The van der Waals surface area contributed by atoms with Gasteiger partial charge in [-0.1, -0.05) is 30.4 Å². The summed E-state index contributed by atoms with van der Waals surface area (Å²) in [6, 6.07) is 6.40. The molecule has 0 spiro atoms. The van der Waals surface area contributed by atoms with Crippen LogP contribution in [0.3, 0.4) is 0 Å².